The summed E-state index contributed by atoms with van der Waals surface area (Å²) in [6.45, 7) is 6.00. The quantitative estimate of drug-likeness (QED) is 0.658. The number of hydrogen-bond acceptors (Lipinski definition) is 6. The van der Waals surface area contributed by atoms with Crippen LogP contribution in [-0.2, 0) is 5.41 Å². The summed E-state index contributed by atoms with van der Waals surface area (Å²) in [5, 5.41) is 6.46. The standard InChI is InChI=1S/C21H23N5O4/c1-21(2,3)16-12-17(25-30-16)26(4)19(27)13-8-9-23-18(10-13)29-15-7-5-6-14(11-15)24-20(22)28/h5-12H,1-4H3,(H3,22,24,28). The van der Waals surface area contributed by atoms with Gasteiger partial charge in [-0.3, -0.25) is 9.69 Å². The zero-order valence-corrected chi connectivity index (χ0v) is 17.2. The second-order valence-electron chi connectivity index (χ2n) is 7.67. The number of ether oxygens (including phenoxy) is 1. The fourth-order valence-corrected chi connectivity index (χ4v) is 2.57. The van der Waals surface area contributed by atoms with Crippen LogP contribution in [-0.4, -0.2) is 29.1 Å². The highest BCUT2D eigenvalue weighted by Crippen LogP contribution is 2.27. The highest BCUT2D eigenvalue weighted by atomic mass is 16.5. The van der Waals surface area contributed by atoms with E-state index in [1.165, 1.54) is 17.2 Å². The first kappa shape index (κ1) is 20.8. The summed E-state index contributed by atoms with van der Waals surface area (Å²) in [6, 6.07) is 10.8. The minimum Gasteiger partial charge on any atom is -0.439 e. The molecule has 3 aromatic rings. The number of carbonyl (C=O) groups excluding carboxylic acids is 2. The molecule has 3 amide bonds. The van der Waals surface area contributed by atoms with Crippen LogP contribution in [0.25, 0.3) is 0 Å². The topological polar surface area (TPSA) is 124 Å². The van der Waals surface area contributed by atoms with Crippen molar-refractivity contribution in [1.82, 2.24) is 10.1 Å². The number of anilines is 2. The van der Waals surface area contributed by atoms with Crippen LogP contribution in [0.1, 0.15) is 36.9 Å². The Kier molecular flexibility index (Phi) is 5.72. The Morgan fingerprint density at radius 1 is 1.17 bits per heavy atom. The molecule has 0 spiro atoms. The summed E-state index contributed by atoms with van der Waals surface area (Å²) in [5.74, 6) is 1.45. The lowest BCUT2D eigenvalue weighted by Crippen LogP contribution is -2.26. The molecule has 9 heteroatoms. The molecule has 0 aliphatic carbocycles. The van der Waals surface area contributed by atoms with Crippen LogP contribution in [0.5, 0.6) is 11.6 Å². The van der Waals surface area contributed by atoms with E-state index in [2.05, 4.69) is 15.5 Å². The molecule has 30 heavy (non-hydrogen) atoms. The third-order valence-electron chi connectivity index (χ3n) is 4.19. The van der Waals surface area contributed by atoms with E-state index in [1.54, 1.807) is 43.4 Å². The number of nitrogens with zero attached hydrogens (tertiary/aromatic N) is 3. The van der Waals surface area contributed by atoms with Gasteiger partial charge in [-0.05, 0) is 18.2 Å². The Hall–Kier alpha value is -3.88. The average molecular weight is 409 g/mol. The number of carbonyl (C=O) groups is 2. The maximum Gasteiger partial charge on any atom is 0.316 e. The van der Waals surface area contributed by atoms with Crippen LogP contribution in [0.2, 0.25) is 0 Å². The smallest absolute Gasteiger partial charge is 0.316 e. The maximum atomic E-state index is 12.9. The molecule has 0 saturated heterocycles. The molecule has 3 rings (SSSR count). The number of amides is 3. The summed E-state index contributed by atoms with van der Waals surface area (Å²) in [7, 11) is 1.62. The van der Waals surface area contributed by atoms with E-state index in [1.807, 2.05) is 20.8 Å². The van der Waals surface area contributed by atoms with Crippen LogP contribution in [0, 0.1) is 0 Å². The van der Waals surface area contributed by atoms with Crippen LogP contribution < -0.4 is 20.7 Å². The van der Waals surface area contributed by atoms with Gasteiger partial charge in [-0.1, -0.05) is 32.0 Å². The van der Waals surface area contributed by atoms with E-state index in [9.17, 15) is 9.59 Å². The van der Waals surface area contributed by atoms with Crippen LogP contribution >= 0.6 is 0 Å². The lowest BCUT2D eigenvalue weighted by atomic mass is 9.93. The number of aromatic nitrogens is 2. The van der Waals surface area contributed by atoms with Gasteiger partial charge >= 0.3 is 6.03 Å². The zero-order valence-electron chi connectivity index (χ0n) is 17.2. The van der Waals surface area contributed by atoms with Gasteiger partial charge in [0.1, 0.15) is 11.5 Å². The van der Waals surface area contributed by atoms with Crippen LogP contribution in [0.4, 0.5) is 16.3 Å². The molecule has 1 aromatic carbocycles. The number of rotatable bonds is 5. The lowest BCUT2D eigenvalue weighted by molar-refractivity contribution is 0.0991. The Balaban J connectivity index is 1.77. The largest absolute Gasteiger partial charge is 0.439 e. The number of urea groups is 1. The normalized spacial score (nSPS) is 11.1. The number of nitrogens with two attached hydrogens (primary N) is 1. The maximum absolute atomic E-state index is 12.9. The minimum absolute atomic E-state index is 0.218. The second kappa shape index (κ2) is 8.24. The van der Waals surface area contributed by atoms with Gasteiger partial charge in [0.15, 0.2) is 5.82 Å². The van der Waals surface area contributed by atoms with Gasteiger partial charge in [-0.25, -0.2) is 9.78 Å². The molecular formula is C21H23N5O4. The van der Waals surface area contributed by atoms with E-state index < -0.39 is 6.03 Å². The number of pyridine rings is 1. The van der Waals surface area contributed by atoms with Gasteiger partial charge in [-0.2, -0.15) is 0 Å². The van der Waals surface area contributed by atoms with Crippen LogP contribution in [0.15, 0.2) is 53.2 Å². The summed E-state index contributed by atoms with van der Waals surface area (Å²) in [6.07, 6.45) is 1.48. The molecule has 0 radical (unpaired) electrons. The Labute approximate surface area is 173 Å². The predicted octanol–water partition coefficient (Wildman–Crippen LogP) is 3.93. The Bertz CT molecular complexity index is 1070. The summed E-state index contributed by atoms with van der Waals surface area (Å²) < 4.78 is 11.1. The van der Waals surface area contributed by atoms with Gasteiger partial charge < -0.3 is 20.3 Å². The number of hydrogen-bond donors (Lipinski definition) is 2. The van der Waals surface area contributed by atoms with E-state index in [4.69, 9.17) is 15.0 Å². The monoisotopic (exact) mass is 409 g/mol. The summed E-state index contributed by atoms with van der Waals surface area (Å²) >= 11 is 0. The van der Waals surface area contributed by atoms with Gasteiger partial charge in [-0.15, -0.1) is 0 Å². The molecule has 0 bridgehead atoms. The highest BCUT2D eigenvalue weighted by Gasteiger charge is 2.23. The SMILES string of the molecule is CN(C(=O)c1ccnc(Oc2cccc(NC(N)=O)c2)c1)c1cc(C(C)(C)C)on1. The average Bonchev–Trinajstić information content (AvgIpc) is 3.17. The molecular weight excluding hydrogens is 386 g/mol. The number of nitrogens with one attached hydrogen (secondary N) is 1. The molecule has 156 valence electrons. The highest BCUT2D eigenvalue weighted by molar-refractivity contribution is 6.05. The van der Waals surface area contributed by atoms with Gasteiger partial charge in [0.05, 0.1) is 0 Å². The summed E-state index contributed by atoms with van der Waals surface area (Å²) in [4.78, 5) is 29.4. The van der Waals surface area contributed by atoms with Crippen molar-refractivity contribution in [3.05, 3.63) is 60.0 Å². The molecule has 0 unspecified atom stereocenters. The van der Waals surface area contributed by atoms with E-state index in [0.717, 1.165) is 0 Å². The molecule has 2 heterocycles. The molecule has 0 saturated carbocycles. The van der Waals surface area contributed by atoms with Crippen molar-refractivity contribution in [3.8, 4) is 11.6 Å². The third kappa shape index (κ3) is 4.93. The molecule has 0 aliphatic heterocycles. The van der Waals surface area contributed by atoms with Gasteiger partial charge in [0.25, 0.3) is 5.91 Å². The van der Waals surface area contributed by atoms with Crippen molar-refractivity contribution in [2.24, 2.45) is 5.73 Å². The van der Waals surface area contributed by atoms with Gasteiger partial charge in [0.2, 0.25) is 5.88 Å². The fraction of sp³-hybridized carbons (Fsp3) is 0.238. The van der Waals surface area contributed by atoms with Crippen molar-refractivity contribution in [1.29, 1.82) is 0 Å². The fourth-order valence-electron chi connectivity index (χ4n) is 2.57. The zero-order chi connectivity index (χ0) is 21.9. The molecule has 0 atom stereocenters. The van der Waals surface area contributed by atoms with E-state index >= 15 is 0 Å². The first-order chi connectivity index (χ1) is 14.1. The molecule has 9 nitrogen and oxygen atoms in total. The van der Waals surface area contributed by atoms with Crippen molar-refractivity contribution < 1.29 is 18.8 Å². The molecule has 3 N–H and O–H groups in total. The molecule has 0 aliphatic rings. The summed E-state index contributed by atoms with van der Waals surface area (Å²) in [5.41, 5.74) is 5.76. The first-order valence-electron chi connectivity index (χ1n) is 9.19. The third-order valence-corrected chi connectivity index (χ3v) is 4.19. The van der Waals surface area contributed by atoms with Crippen molar-refractivity contribution in [2.75, 3.05) is 17.3 Å². The van der Waals surface area contributed by atoms with E-state index in [-0.39, 0.29) is 17.2 Å². The molecule has 2 aromatic heterocycles. The van der Waals surface area contributed by atoms with Crippen molar-refractivity contribution in [2.45, 2.75) is 26.2 Å². The van der Waals surface area contributed by atoms with Crippen LogP contribution in [0.3, 0.4) is 0 Å². The van der Waals surface area contributed by atoms with Crippen molar-refractivity contribution in [3.63, 3.8) is 0 Å². The van der Waals surface area contributed by atoms with E-state index in [0.29, 0.717) is 28.6 Å². The Morgan fingerprint density at radius 2 is 1.93 bits per heavy atom. The first-order valence-corrected chi connectivity index (χ1v) is 9.19. The number of primary amides is 1. The molecule has 0 fully saturated rings. The predicted molar refractivity (Wildman–Crippen MR) is 112 cm³/mol. The minimum atomic E-state index is -0.677. The number of benzene rings is 1. The van der Waals surface area contributed by atoms with Gasteiger partial charge in [0, 0.05) is 48.1 Å². The lowest BCUT2D eigenvalue weighted by Gasteiger charge is -2.15. The second-order valence-corrected chi connectivity index (χ2v) is 7.67. The van der Waals surface area contributed by atoms with Crippen molar-refractivity contribution >= 4 is 23.4 Å². The Morgan fingerprint density at radius 3 is 2.60 bits per heavy atom.